The highest BCUT2D eigenvalue weighted by Crippen LogP contribution is 2.30. The molecule has 1 aliphatic carbocycles. The number of carbonyl (C=O) groups is 1. The van der Waals surface area contributed by atoms with Crippen molar-refractivity contribution in [2.45, 2.75) is 64.4 Å². The van der Waals surface area contributed by atoms with Crippen LogP contribution in [-0.4, -0.2) is 18.6 Å². The standard InChI is InChI=1S/C15H27NO2/c1-3-4-5-6-13-7-9-14(10-8-13)18-15(17)12(2)11-16/h13-14H,2-11,16H2,1H3. The van der Waals surface area contributed by atoms with Crippen molar-refractivity contribution in [3.05, 3.63) is 12.2 Å². The second kappa shape index (κ2) is 8.30. The summed E-state index contributed by atoms with van der Waals surface area (Å²) in [5, 5.41) is 0. The van der Waals surface area contributed by atoms with Crippen LogP contribution in [0, 0.1) is 5.92 Å². The van der Waals surface area contributed by atoms with Gasteiger partial charge in [-0.2, -0.15) is 0 Å². The van der Waals surface area contributed by atoms with E-state index in [2.05, 4.69) is 13.5 Å². The number of esters is 1. The van der Waals surface area contributed by atoms with Gasteiger partial charge in [0, 0.05) is 12.1 Å². The van der Waals surface area contributed by atoms with Crippen LogP contribution in [0.25, 0.3) is 0 Å². The lowest BCUT2D eigenvalue weighted by Crippen LogP contribution is -2.26. The summed E-state index contributed by atoms with van der Waals surface area (Å²) in [6, 6.07) is 0. The van der Waals surface area contributed by atoms with Crippen molar-refractivity contribution < 1.29 is 9.53 Å². The Hall–Kier alpha value is -0.830. The van der Waals surface area contributed by atoms with Crippen LogP contribution in [-0.2, 0) is 9.53 Å². The van der Waals surface area contributed by atoms with Gasteiger partial charge in [-0.3, -0.25) is 0 Å². The number of hydrogen-bond acceptors (Lipinski definition) is 3. The van der Waals surface area contributed by atoms with Crippen molar-refractivity contribution in [2.75, 3.05) is 6.54 Å². The maximum Gasteiger partial charge on any atom is 0.334 e. The normalized spacial score (nSPS) is 23.7. The van der Waals surface area contributed by atoms with Crippen molar-refractivity contribution in [1.82, 2.24) is 0 Å². The molecule has 3 nitrogen and oxygen atoms in total. The van der Waals surface area contributed by atoms with E-state index in [0.717, 1.165) is 18.8 Å². The van der Waals surface area contributed by atoms with Crippen LogP contribution < -0.4 is 5.73 Å². The smallest absolute Gasteiger partial charge is 0.334 e. The van der Waals surface area contributed by atoms with E-state index in [1.165, 1.54) is 38.5 Å². The first kappa shape index (κ1) is 15.2. The van der Waals surface area contributed by atoms with E-state index in [-0.39, 0.29) is 18.6 Å². The molecule has 0 aromatic rings. The summed E-state index contributed by atoms with van der Waals surface area (Å²) in [6.07, 6.45) is 9.77. The van der Waals surface area contributed by atoms with Crippen LogP contribution in [0.5, 0.6) is 0 Å². The quantitative estimate of drug-likeness (QED) is 0.431. The SMILES string of the molecule is C=C(CN)C(=O)OC1CCC(CCCCC)CC1. The molecule has 0 unspecified atom stereocenters. The molecular formula is C15H27NO2. The molecule has 18 heavy (non-hydrogen) atoms. The summed E-state index contributed by atoms with van der Waals surface area (Å²) in [5.41, 5.74) is 5.74. The Kier molecular flexibility index (Phi) is 7.02. The zero-order valence-electron chi connectivity index (χ0n) is 11.6. The molecule has 3 heteroatoms. The Morgan fingerprint density at radius 2 is 1.94 bits per heavy atom. The van der Waals surface area contributed by atoms with Crippen molar-refractivity contribution >= 4 is 5.97 Å². The maximum atomic E-state index is 11.5. The lowest BCUT2D eigenvalue weighted by atomic mass is 9.84. The Morgan fingerprint density at radius 1 is 1.28 bits per heavy atom. The lowest BCUT2D eigenvalue weighted by molar-refractivity contribution is -0.146. The fourth-order valence-corrected chi connectivity index (χ4v) is 2.54. The number of hydrogen-bond donors (Lipinski definition) is 1. The van der Waals surface area contributed by atoms with Crippen molar-refractivity contribution in [3.8, 4) is 0 Å². The highest BCUT2D eigenvalue weighted by Gasteiger charge is 2.23. The Bertz CT molecular complexity index is 268. The van der Waals surface area contributed by atoms with Gasteiger partial charge in [0.1, 0.15) is 6.10 Å². The number of nitrogens with two attached hydrogens (primary N) is 1. The summed E-state index contributed by atoms with van der Waals surface area (Å²) < 4.78 is 5.40. The second-order valence-corrected chi connectivity index (χ2v) is 5.35. The van der Waals surface area contributed by atoms with Crippen molar-refractivity contribution in [1.29, 1.82) is 0 Å². The van der Waals surface area contributed by atoms with Crippen molar-refractivity contribution in [2.24, 2.45) is 11.7 Å². The monoisotopic (exact) mass is 253 g/mol. The van der Waals surface area contributed by atoms with Gasteiger partial charge in [0.15, 0.2) is 0 Å². The van der Waals surface area contributed by atoms with Gasteiger partial charge in [0.2, 0.25) is 0 Å². The predicted molar refractivity (Wildman–Crippen MR) is 74.2 cm³/mol. The molecule has 2 N–H and O–H groups in total. The van der Waals surface area contributed by atoms with Gasteiger partial charge in [0.05, 0.1) is 0 Å². The summed E-state index contributed by atoms with van der Waals surface area (Å²) in [5.74, 6) is 0.524. The Morgan fingerprint density at radius 3 is 2.50 bits per heavy atom. The topological polar surface area (TPSA) is 52.3 Å². The predicted octanol–water partition coefficient (Wildman–Crippen LogP) is 3.18. The molecule has 1 saturated carbocycles. The van der Waals surface area contributed by atoms with E-state index in [1.54, 1.807) is 0 Å². The number of carbonyl (C=O) groups excluding carboxylic acids is 1. The molecule has 0 atom stereocenters. The van der Waals surface area contributed by atoms with Crippen LogP contribution in [0.1, 0.15) is 58.3 Å². The van der Waals surface area contributed by atoms with Gasteiger partial charge < -0.3 is 10.5 Å². The van der Waals surface area contributed by atoms with E-state index in [1.807, 2.05) is 0 Å². The minimum absolute atomic E-state index is 0.0863. The summed E-state index contributed by atoms with van der Waals surface area (Å²) in [6.45, 7) is 6.03. The molecule has 1 fully saturated rings. The molecule has 0 amide bonds. The van der Waals surface area contributed by atoms with Crippen LogP contribution >= 0.6 is 0 Å². The minimum atomic E-state index is -0.313. The molecule has 0 radical (unpaired) electrons. The zero-order valence-corrected chi connectivity index (χ0v) is 11.6. The molecule has 104 valence electrons. The molecule has 0 heterocycles. The van der Waals surface area contributed by atoms with Crippen LogP contribution in [0.4, 0.5) is 0 Å². The lowest BCUT2D eigenvalue weighted by Gasteiger charge is -2.28. The third-order valence-corrected chi connectivity index (χ3v) is 3.82. The molecule has 0 spiro atoms. The first-order valence-electron chi connectivity index (χ1n) is 7.26. The van der Waals surface area contributed by atoms with E-state index < -0.39 is 0 Å². The number of unbranched alkanes of at least 4 members (excludes halogenated alkanes) is 2. The van der Waals surface area contributed by atoms with Gasteiger partial charge in [-0.05, 0) is 31.6 Å². The van der Waals surface area contributed by atoms with Gasteiger partial charge in [0.25, 0.3) is 0 Å². The highest BCUT2D eigenvalue weighted by molar-refractivity contribution is 5.88. The molecule has 0 aliphatic heterocycles. The molecule has 1 aliphatic rings. The third kappa shape index (κ3) is 5.21. The molecule has 0 saturated heterocycles. The number of ether oxygens (including phenoxy) is 1. The molecule has 0 bridgehead atoms. The molecular weight excluding hydrogens is 226 g/mol. The van der Waals surface area contributed by atoms with Crippen LogP contribution in [0.2, 0.25) is 0 Å². The van der Waals surface area contributed by atoms with E-state index >= 15 is 0 Å². The summed E-state index contributed by atoms with van der Waals surface area (Å²) in [7, 11) is 0. The zero-order chi connectivity index (χ0) is 13.4. The van der Waals surface area contributed by atoms with Gasteiger partial charge in [-0.25, -0.2) is 4.79 Å². The van der Waals surface area contributed by atoms with Crippen LogP contribution in [0.15, 0.2) is 12.2 Å². The molecule has 0 aromatic heterocycles. The van der Waals surface area contributed by atoms with Gasteiger partial charge in [-0.15, -0.1) is 0 Å². The summed E-state index contributed by atoms with van der Waals surface area (Å²) in [4.78, 5) is 11.5. The first-order chi connectivity index (χ1) is 8.67. The van der Waals surface area contributed by atoms with E-state index in [9.17, 15) is 4.79 Å². The fourth-order valence-electron chi connectivity index (χ4n) is 2.54. The molecule has 0 aromatic carbocycles. The minimum Gasteiger partial charge on any atom is -0.459 e. The van der Waals surface area contributed by atoms with Crippen molar-refractivity contribution in [3.63, 3.8) is 0 Å². The first-order valence-corrected chi connectivity index (χ1v) is 7.26. The highest BCUT2D eigenvalue weighted by atomic mass is 16.5. The van der Waals surface area contributed by atoms with Gasteiger partial charge >= 0.3 is 5.97 Å². The second-order valence-electron chi connectivity index (χ2n) is 5.35. The van der Waals surface area contributed by atoms with E-state index in [0.29, 0.717) is 5.57 Å². The molecule has 1 rings (SSSR count). The largest absolute Gasteiger partial charge is 0.459 e. The average Bonchev–Trinajstić information content (AvgIpc) is 2.40. The van der Waals surface area contributed by atoms with E-state index in [4.69, 9.17) is 10.5 Å². The maximum absolute atomic E-state index is 11.5. The van der Waals surface area contributed by atoms with Gasteiger partial charge in [-0.1, -0.05) is 39.2 Å². The summed E-state index contributed by atoms with van der Waals surface area (Å²) >= 11 is 0. The average molecular weight is 253 g/mol. The Labute approximate surface area is 111 Å². The van der Waals surface area contributed by atoms with Crippen LogP contribution in [0.3, 0.4) is 0 Å². The fraction of sp³-hybridized carbons (Fsp3) is 0.800. The Balaban J connectivity index is 2.19. The third-order valence-electron chi connectivity index (χ3n) is 3.82. The number of rotatable bonds is 7.